The molecule has 2 N–H and O–H groups in total. The molecule has 0 spiro atoms. The van der Waals surface area contributed by atoms with Gasteiger partial charge in [0.1, 0.15) is 0 Å². The van der Waals surface area contributed by atoms with Crippen molar-refractivity contribution in [2.24, 2.45) is 11.7 Å². The van der Waals surface area contributed by atoms with Crippen LogP contribution in [-0.4, -0.2) is 19.0 Å². The molecule has 18 heavy (non-hydrogen) atoms. The molecule has 0 radical (unpaired) electrons. The summed E-state index contributed by atoms with van der Waals surface area (Å²) in [6, 6.07) is 9.84. The van der Waals surface area contributed by atoms with Gasteiger partial charge in [-0.25, -0.2) is 0 Å². The van der Waals surface area contributed by atoms with Crippen LogP contribution in [-0.2, 0) is 4.79 Å². The summed E-state index contributed by atoms with van der Waals surface area (Å²) in [7, 11) is 0. The first-order valence-corrected chi connectivity index (χ1v) is 6.77. The molecular weight excluding hydrogens is 224 g/mol. The van der Waals surface area contributed by atoms with E-state index in [1.54, 1.807) is 0 Å². The zero-order valence-electron chi connectivity index (χ0n) is 11.4. The van der Waals surface area contributed by atoms with Crippen LogP contribution in [0.1, 0.15) is 33.1 Å². The summed E-state index contributed by atoms with van der Waals surface area (Å²) in [6.45, 7) is 5.42. The monoisotopic (exact) mass is 248 g/mol. The van der Waals surface area contributed by atoms with Gasteiger partial charge in [0.2, 0.25) is 5.91 Å². The van der Waals surface area contributed by atoms with Crippen molar-refractivity contribution in [2.45, 2.75) is 33.1 Å². The Bertz CT molecular complexity index is 351. The molecule has 0 saturated carbocycles. The van der Waals surface area contributed by atoms with Gasteiger partial charge in [-0.05, 0) is 31.5 Å². The van der Waals surface area contributed by atoms with Gasteiger partial charge in [0, 0.05) is 18.2 Å². The molecule has 0 heterocycles. The van der Waals surface area contributed by atoms with E-state index in [4.69, 9.17) is 5.73 Å². The summed E-state index contributed by atoms with van der Waals surface area (Å²) in [5, 5.41) is 0. The van der Waals surface area contributed by atoms with Crippen LogP contribution in [0, 0.1) is 5.92 Å². The van der Waals surface area contributed by atoms with Gasteiger partial charge in [-0.15, -0.1) is 0 Å². The molecule has 0 saturated heterocycles. The number of hydrogen-bond acceptors (Lipinski definition) is 2. The van der Waals surface area contributed by atoms with E-state index in [1.807, 2.05) is 42.2 Å². The number of anilines is 1. The molecule has 1 aromatic rings. The van der Waals surface area contributed by atoms with Crippen molar-refractivity contribution >= 4 is 11.6 Å². The van der Waals surface area contributed by atoms with Crippen LogP contribution in [0.2, 0.25) is 0 Å². The molecule has 0 bridgehead atoms. The summed E-state index contributed by atoms with van der Waals surface area (Å²) in [5.41, 5.74) is 6.52. The van der Waals surface area contributed by atoms with Crippen LogP contribution in [0.15, 0.2) is 30.3 Å². The lowest BCUT2D eigenvalue weighted by Crippen LogP contribution is -2.36. The highest BCUT2D eigenvalue weighted by Crippen LogP contribution is 2.18. The lowest BCUT2D eigenvalue weighted by Gasteiger charge is -2.25. The first kappa shape index (κ1) is 14.7. The minimum Gasteiger partial charge on any atom is -0.330 e. The van der Waals surface area contributed by atoms with Crippen LogP contribution >= 0.6 is 0 Å². The van der Waals surface area contributed by atoms with Crippen molar-refractivity contribution in [1.82, 2.24) is 0 Å². The van der Waals surface area contributed by atoms with E-state index in [2.05, 4.69) is 6.92 Å². The zero-order chi connectivity index (χ0) is 13.4. The Morgan fingerprint density at radius 2 is 2.00 bits per heavy atom. The fourth-order valence-electron chi connectivity index (χ4n) is 2.05. The Hall–Kier alpha value is -1.35. The van der Waals surface area contributed by atoms with Crippen LogP contribution < -0.4 is 10.6 Å². The number of nitrogens with zero attached hydrogens (tertiary/aromatic N) is 1. The van der Waals surface area contributed by atoms with Crippen LogP contribution in [0.3, 0.4) is 0 Å². The molecule has 0 aromatic heterocycles. The number of carbonyl (C=O) groups is 1. The van der Waals surface area contributed by atoms with Gasteiger partial charge in [-0.3, -0.25) is 4.79 Å². The summed E-state index contributed by atoms with van der Waals surface area (Å²) in [5.74, 6) is 0.282. The number of amides is 1. The normalized spacial score (nSPS) is 12.2. The summed E-state index contributed by atoms with van der Waals surface area (Å²) >= 11 is 0. The van der Waals surface area contributed by atoms with Crippen molar-refractivity contribution in [3.63, 3.8) is 0 Å². The topological polar surface area (TPSA) is 46.3 Å². The highest BCUT2D eigenvalue weighted by Gasteiger charge is 2.20. The standard InChI is InChI=1S/C15H24N2O/c1-3-8-13(2)15(18)17(12-7-11-16)14-9-5-4-6-10-14/h4-6,9-10,13H,3,7-8,11-12,16H2,1-2H3. The maximum absolute atomic E-state index is 12.4. The maximum atomic E-state index is 12.4. The second-order valence-corrected chi connectivity index (χ2v) is 4.66. The molecule has 0 aliphatic rings. The molecule has 1 unspecified atom stereocenters. The van der Waals surface area contributed by atoms with Crippen molar-refractivity contribution in [3.05, 3.63) is 30.3 Å². The smallest absolute Gasteiger partial charge is 0.229 e. The Kier molecular flexibility index (Phi) is 6.44. The minimum absolute atomic E-state index is 0.0768. The SMILES string of the molecule is CCCC(C)C(=O)N(CCCN)c1ccccc1. The second-order valence-electron chi connectivity index (χ2n) is 4.66. The minimum atomic E-state index is 0.0768. The molecule has 3 heteroatoms. The molecule has 1 amide bonds. The Morgan fingerprint density at radius 3 is 2.56 bits per heavy atom. The first-order chi connectivity index (χ1) is 8.70. The first-order valence-electron chi connectivity index (χ1n) is 6.77. The van der Waals surface area contributed by atoms with Gasteiger partial charge in [-0.1, -0.05) is 38.5 Å². The maximum Gasteiger partial charge on any atom is 0.229 e. The van der Waals surface area contributed by atoms with E-state index in [-0.39, 0.29) is 11.8 Å². The summed E-state index contributed by atoms with van der Waals surface area (Å²) < 4.78 is 0. The molecule has 0 aliphatic carbocycles. The molecule has 0 fully saturated rings. The van der Waals surface area contributed by atoms with E-state index in [9.17, 15) is 4.79 Å². The fourth-order valence-corrected chi connectivity index (χ4v) is 2.05. The van der Waals surface area contributed by atoms with Gasteiger partial charge < -0.3 is 10.6 Å². The Balaban J connectivity index is 2.81. The molecule has 1 atom stereocenters. The second kappa shape index (κ2) is 7.88. The highest BCUT2D eigenvalue weighted by atomic mass is 16.2. The third-order valence-electron chi connectivity index (χ3n) is 3.06. The number of para-hydroxylation sites is 1. The quantitative estimate of drug-likeness (QED) is 0.806. The van der Waals surface area contributed by atoms with E-state index < -0.39 is 0 Å². The third kappa shape index (κ3) is 4.15. The largest absolute Gasteiger partial charge is 0.330 e. The van der Waals surface area contributed by atoms with E-state index >= 15 is 0 Å². The highest BCUT2D eigenvalue weighted by molar-refractivity contribution is 5.94. The lowest BCUT2D eigenvalue weighted by atomic mass is 10.0. The fraction of sp³-hybridized carbons (Fsp3) is 0.533. The molecule has 0 aliphatic heterocycles. The average Bonchev–Trinajstić information content (AvgIpc) is 2.40. The third-order valence-corrected chi connectivity index (χ3v) is 3.06. The van der Waals surface area contributed by atoms with Gasteiger partial charge in [0.25, 0.3) is 0 Å². The van der Waals surface area contributed by atoms with Gasteiger partial charge in [-0.2, -0.15) is 0 Å². The van der Waals surface area contributed by atoms with Gasteiger partial charge in [0.15, 0.2) is 0 Å². The lowest BCUT2D eigenvalue weighted by molar-refractivity contribution is -0.122. The number of nitrogens with two attached hydrogens (primary N) is 1. The molecule has 1 aromatic carbocycles. The van der Waals surface area contributed by atoms with E-state index in [0.29, 0.717) is 13.1 Å². The molecular formula is C15H24N2O. The summed E-state index contributed by atoms with van der Waals surface area (Å²) in [4.78, 5) is 14.3. The number of hydrogen-bond donors (Lipinski definition) is 1. The predicted octanol–water partition coefficient (Wildman–Crippen LogP) is 2.80. The van der Waals surface area contributed by atoms with E-state index in [0.717, 1.165) is 24.9 Å². The Morgan fingerprint density at radius 1 is 1.33 bits per heavy atom. The molecule has 3 nitrogen and oxygen atoms in total. The van der Waals surface area contributed by atoms with Crippen molar-refractivity contribution in [1.29, 1.82) is 0 Å². The number of rotatable bonds is 7. The van der Waals surface area contributed by atoms with E-state index in [1.165, 1.54) is 0 Å². The Labute approximate surface area is 110 Å². The number of carbonyl (C=O) groups excluding carboxylic acids is 1. The van der Waals surface area contributed by atoms with Crippen molar-refractivity contribution < 1.29 is 4.79 Å². The van der Waals surface area contributed by atoms with Crippen molar-refractivity contribution in [3.8, 4) is 0 Å². The average molecular weight is 248 g/mol. The van der Waals surface area contributed by atoms with Gasteiger partial charge >= 0.3 is 0 Å². The van der Waals surface area contributed by atoms with Crippen molar-refractivity contribution in [2.75, 3.05) is 18.0 Å². The van der Waals surface area contributed by atoms with Crippen LogP contribution in [0.5, 0.6) is 0 Å². The zero-order valence-corrected chi connectivity index (χ0v) is 11.4. The molecule has 1 rings (SSSR count). The molecule has 100 valence electrons. The van der Waals surface area contributed by atoms with Gasteiger partial charge in [0.05, 0.1) is 0 Å². The number of benzene rings is 1. The van der Waals surface area contributed by atoms with Crippen LogP contribution in [0.4, 0.5) is 5.69 Å². The summed E-state index contributed by atoms with van der Waals surface area (Å²) in [6.07, 6.45) is 2.80. The predicted molar refractivity (Wildman–Crippen MR) is 76.5 cm³/mol. The van der Waals surface area contributed by atoms with Crippen LogP contribution in [0.25, 0.3) is 0 Å².